The Morgan fingerprint density at radius 3 is 1.16 bits per heavy atom. The summed E-state index contributed by atoms with van der Waals surface area (Å²) < 4.78 is 64.3. The molecule has 6 unspecified atom stereocenters. The third-order valence-electron chi connectivity index (χ3n) is 10.3. The van der Waals surface area contributed by atoms with Gasteiger partial charge >= 0.3 is 0 Å². The van der Waals surface area contributed by atoms with Gasteiger partial charge in [0, 0.05) is 71.3 Å². The maximum atomic E-state index is 5.49. The van der Waals surface area contributed by atoms with E-state index in [9.17, 15) is 0 Å². The van der Waals surface area contributed by atoms with Gasteiger partial charge in [-0.2, -0.15) is 0 Å². The van der Waals surface area contributed by atoms with Gasteiger partial charge in [-0.05, 0) is 153 Å². The van der Waals surface area contributed by atoms with Gasteiger partial charge < -0.3 is 56.8 Å². The molecule has 0 radical (unpaired) electrons. The van der Waals surface area contributed by atoms with E-state index in [-0.39, 0.29) is 0 Å². The summed E-state index contributed by atoms with van der Waals surface area (Å²) >= 11 is 0. The summed E-state index contributed by atoms with van der Waals surface area (Å²) in [4.78, 5) is 0. The van der Waals surface area contributed by atoms with E-state index in [1.807, 2.05) is 0 Å². The summed E-state index contributed by atoms with van der Waals surface area (Å²) in [5, 5.41) is 0. The first-order valence-corrected chi connectivity index (χ1v) is 24.5. The van der Waals surface area contributed by atoms with Gasteiger partial charge in [-0.3, -0.25) is 0 Å². The van der Waals surface area contributed by atoms with Gasteiger partial charge in [-0.25, -0.2) is 0 Å². The van der Waals surface area contributed by atoms with E-state index in [2.05, 4.69) is 83.1 Å². The summed E-state index contributed by atoms with van der Waals surface area (Å²) in [5.41, 5.74) is 0. The highest BCUT2D eigenvalue weighted by Gasteiger charge is 2.19. The summed E-state index contributed by atoms with van der Waals surface area (Å²) in [6, 6.07) is 0. The Bertz CT molecular complexity index is 816. The Balaban J connectivity index is 0.000000366. The predicted octanol–water partition coefficient (Wildman–Crippen LogP) is 9.51. The number of hydrogen-bond acceptors (Lipinski definition) is 12. The molecule has 0 bridgehead atoms. The van der Waals surface area contributed by atoms with E-state index in [1.165, 1.54) is 44.9 Å². The SMILES string of the molecule is CC(C)OC1CCOC1.CC(C)OCC1CCCO1.CC(C)OCC1CCOC1.CC(C)OCC1CCOC1.CC(C)OCCC1CCCO1.CC(C)OCCC1CCOC1. The van der Waals surface area contributed by atoms with E-state index >= 15 is 0 Å². The quantitative estimate of drug-likeness (QED) is 0.123. The molecule has 6 rings (SSSR count). The standard InChI is InChI=1S/2C9H18O2.3C8H16O2.C7H14O2/c1-8(2)11-6-4-9-3-5-10-7-9;1-8(2)10-7-5-9-4-3-6-11-9;2*1-7(2)10-6-8-3-4-9-5-8;1-7(2)10-6-8-4-3-5-9-8;1-6(2)9-7-3-4-8-5-7/h2*8-9H,3-7H2,1-2H3;3*7-8H,3-6H2,1-2H3;6-7H,3-5H2,1-2H3. The lowest BCUT2D eigenvalue weighted by atomic mass is 10.1. The molecule has 6 aliphatic rings. The van der Waals surface area contributed by atoms with E-state index in [0.29, 0.717) is 66.8 Å². The minimum atomic E-state index is 0.337. The van der Waals surface area contributed by atoms with Gasteiger partial charge in [-0.15, -0.1) is 0 Å². The van der Waals surface area contributed by atoms with E-state index in [4.69, 9.17) is 56.8 Å². The summed E-state index contributed by atoms with van der Waals surface area (Å²) in [5.74, 6) is 2.07. The molecule has 6 aliphatic heterocycles. The van der Waals surface area contributed by atoms with Crippen molar-refractivity contribution >= 4 is 0 Å². The minimum Gasteiger partial charge on any atom is -0.381 e. The van der Waals surface area contributed by atoms with Crippen molar-refractivity contribution in [2.75, 3.05) is 99.1 Å². The van der Waals surface area contributed by atoms with Crippen LogP contribution < -0.4 is 0 Å². The lowest BCUT2D eigenvalue weighted by Gasteiger charge is -2.12. The maximum absolute atomic E-state index is 5.49. The van der Waals surface area contributed by atoms with Crippen molar-refractivity contribution in [3.63, 3.8) is 0 Å². The normalized spacial score (nSPS) is 25.9. The van der Waals surface area contributed by atoms with E-state index in [1.54, 1.807) is 0 Å². The van der Waals surface area contributed by atoms with E-state index in [0.717, 1.165) is 124 Å². The molecule has 0 aromatic carbocycles. The molecule has 0 N–H and O–H groups in total. The fraction of sp³-hybridized carbons (Fsp3) is 1.00. The van der Waals surface area contributed by atoms with Crippen LogP contribution in [0.4, 0.5) is 0 Å². The molecule has 0 saturated carbocycles. The molecule has 366 valence electrons. The first-order chi connectivity index (χ1) is 29.2. The van der Waals surface area contributed by atoms with Gasteiger partial charge in [0.2, 0.25) is 0 Å². The molecule has 0 aromatic rings. The molecule has 6 atom stereocenters. The first-order valence-electron chi connectivity index (χ1n) is 24.5. The molecule has 12 heteroatoms. The molecule has 0 aromatic heterocycles. The Labute approximate surface area is 375 Å². The summed E-state index contributed by atoms with van der Waals surface area (Å²) in [7, 11) is 0. The zero-order chi connectivity index (χ0) is 45.1. The van der Waals surface area contributed by atoms with Gasteiger partial charge in [0.15, 0.2) is 0 Å². The topological polar surface area (TPSA) is 111 Å². The first kappa shape index (κ1) is 58.5. The average Bonchev–Trinajstić information content (AvgIpc) is 4.06. The number of hydrogen-bond donors (Lipinski definition) is 0. The Morgan fingerprint density at radius 1 is 0.377 bits per heavy atom. The third kappa shape index (κ3) is 37.4. The van der Waals surface area contributed by atoms with Gasteiger partial charge in [-0.1, -0.05) is 0 Å². The molecule has 0 spiro atoms. The van der Waals surface area contributed by atoms with Crippen LogP contribution in [0, 0.1) is 17.8 Å². The molecule has 6 saturated heterocycles. The van der Waals surface area contributed by atoms with E-state index < -0.39 is 0 Å². The van der Waals surface area contributed by atoms with Crippen LogP contribution in [0.3, 0.4) is 0 Å². The predicted molar refractivity (Wildman–Crippen MR) is 245 cm³/mol. The van der Waals surface area contributed by atoms with Crippen LogP contribution in [0.15, 0.2) is 0 Å². The highest BCUT2D eigenvalue weighted by atomic mass is 16.6. The van der Waals surface area contributed by atoms with Crippen LogP contribution in [-0.4, -0.2) is 154 Å². The molecule has 6 heterocycles. The maximum Gasteiger partial charge on any atom is 0.0833 e. The van der Waals surface area contributed by atoms with Crippen LogP contribution in [0.1, 0.15) is 147 Å². The molecular weight excluding hydrogens is 781 g/mol. The molecule has 61 heavy (non-hydrogen) atoms. The Kier molecular flexibility index (Phi) is 37.2. The number of rotatable bonds is 19. The highest BCUT2D eigenvalue weighted by molar-refractivity contribution is 4.67. The second-order valence-corrected chi connectivity index (χ2v) is 18.7. The van der Waals surface area contributed by atoms with Gasteiger partial charge in [0.1, 0.15) is 0 Å². The van der Waals surface area contributed by atoms with Gasteiger partial charge in [0.05, 0.1) is 94.6 Å². The largest absolute Gasteiger partial charge is 0.381 e. The van der Waals surface area contributed by atoms with Crippen LogP contribution >= 0.6 is 0 Å². The monoisotopic (exact) mass is 879 g/mol. The Morgan fingerprint density at radius 2 is 0.787 bits per heavy atom. The van der Waals surface area contributed by atoms with Crippen molar-refractivity contribution in [1.29, 1.82) is 0 Å². The average molecular weight is 879 g/mol. The van der Waals surface area contributed by atoms with Crippen molar-refractivity contribution < 1.29 is 56.8 Å². The molecular formula is C49H98O12. The van der Waals surface area contributed by atoms with Crippen molar-refractivity contribution in [2.24, 2.45) is 17.8 Å². The van der Waals surface area contributed by atoms with Crippen LogP contribution in [-0.2, 0) is 56.8 Å². The van der Waals surface area contributed by atoms with Crippen molar-refractivity contribution in [3.8, 4) is 0 Å². The smallest absolute Gasteiger partial charge is 0.0833 e. The van der Waals surface area contributed by atoms with Crippen LogP contribution in [0.25, 0.3) is 0 Å². The lowest BCUT2D eigenvalue weighted by molar-refractivity contribution is -0.00761. The number of ether oxygens (including phenoxy) is 12. The minimum absolute atomic E-state index is 0.337. The molecule has 0 amide bonds. The molecule has 0 aliphatic carbocycles. The van der Waals surface area contributed by atoms with Crippen LogP contribution in [0.5, 0.6) is 0 Å². The van der Waals surface area contributed by atoms with Crippen LogP contribution in [0.2, 0.25) is 0 Å². The van der Waals surface area contributed by atoms with Crippen molar-refractivity contribution in [3.05, 3.63) is 0 Å². The third-order valence-corrected chi connectivity index (χ3v) is 10.3. The second kappa shape index (κ2) is 38.8. The zero-order valence-electron chi connectivity index (χ0n) is 41.5. The van der Waals surface area contributed by atoms with Gasteiger partial charge in [0.25, 0.3) is 0 Å². The summed E-state index contributed by atoms with van der Waals surface area (Å²) in [6.07, 6.45) is 15.1. The van der Waals surface area contributed by atoms with Crippen molar-refractivity contribution in [2.45, 2.75) is 202 Å². The fourth-order valence-corrected chi connectivity index (χ4v) is 6.76. The highest BCUT2D eigenvalue weighted by Crippen LogP contribution is 2.18. The summed E-state index contributed by atoms with van der Waals surface area (Å²) in [6.45, 7) is 38.1. The Hall–Kier alpha value is -0.480. The molecule has 12 nitrogen and oxygen atoms in total. The molecule has 6 fully saturated rings. The fourth-order valence-electron chi connectivity index (χ4n) is 6.76. The van der Waals surface area contributed by atoms with Crippen molar-refractivity contribution in [1.82, 2.24) is 0 Å². The second-order valence-electron chi connectivity index (χ2n) is 18.7. The zero-order valence-corrected chi connectivity index (χ0v) is 41.5. The lowest BCUT2D eigenvalue weighted by Crippen LogP contribution is -2.17.